The van der Waals surface area contributed by atoms with E-state index in [4.69, 9.17) is 16.3 Å². The van der Waals surface area contributed by atoms with Gasteiger partial charge in [0, 0.05) is 23.7 Å². The van der Waals surface area contributed by atoms with Crippen molar-refractivity contribution in [3.05, 3.63) is 52.5 Å². The maximum absolute atomic E-state index is 12.8. The Labute approximate surface area is 164 Å². The third-order valence-electron chi connectivity index (χ3n) is 4.61. The summed E-state index contributed by atoms with van der Waals surface area (Å²) in [4.78, 5) is 12.8. The Kier molecular flexibility index (Phi) is 5.35. The molecule has 27 heavy (non-hydrogen) atoms. The Morgan fingerprint density at radius 1 is 1.26 bits per heavy atom. The number of aryl methyl sites for hydroxylation is 1. The van der Waals surface area contributed by atoms with Crippen LogP contribution in [0.1, 0.15) is 17.5 Å². The first-order valence-electron chi connectivity index (χ1n) is 8.48. The van der Waals surface area contributed by atoms with Crippen LogP contribution in [0.15, 0.2) is 36.4 Å². The van der Waals surface area contributed by atoms with E-state index in [9.17, 15) is 13.2 Å². The van der Waals surface area contributed by atoms with Gasteiger partial charge in [0.05, 0.1) is 11.9 Å². The number of benzene rings is 2. The summed E-state index contributed by atoms with van der Waals surface area (Å²) in [6.07, 6.45) is 0.515. The summed E-state index contributed by atoms with van der Waals surface area (Å²) in [6.45, 7) is 4.02. The van der Waals surface area contributed by atoms with Gasteiger partial charge in [0.25, 0.3) is 5.91 Å². The molecule has 6 nitrogen and oxygen atoms in total. The quantitative estimate of drug-likeness (QED) is 0.843. The molecule has 0 aromatic heterocycles. The van der Waals surface area contributed by atoms with Crippen LogP contribution < -0.4 is 14.4 Å². The molecular weight excluding hydrogens is 388 g/mol. The van der Waals surface area contributed by atoms with E-state index in [1.807, 2.05) is 32.0 Å². The third-order valence-corrected chi connectivity index (χ3v) is 6.02. The number of fused-ring (bicyclic) bond motifs is 1. The van der Waals surface area contributed by atoms with Gasteiger partial charge in [-0.05, 0) is 49.2 Å². The highest BCUT2D eigenvalue weighted by Gasteiger charge is 2.31. The van der Waals surface area contributed by atoms with Crippen LogP contribution in [0.25, 0.3) is 0 Å². The Morgan fingerprint density at radius 2 is 2.00 bits per heavy atom. The first-order valence-corrected chi connectivity index (χ1v) is 10.7. The normalized spacial score (nSPS) is 16.9. The summed E-state index contributed by atoms with van der Waals surface area (Å²) in [5.41, 5.74) is 3.10. The summed E-state index contributed by atoms with van der Waals surface area (Å²) < 4.78 is 31.5. The molecule has 0 fully saturated rings. The van der Waals surface area contributed by atoms with Crippen LogP contribution in [0, 0.1) is 13.8 Å². The van der Waals surface area contributed by atoms with Gasteiger partial charge in [-0.15, -0.1) is 0 Å². The van der Waals surface area contributed by atoms with Gasteiger partial charge in [-0.2, -0.15) is 0 Å². The van der Waals surface area contributed by atoms with Gasteiger partial charge in [-0.1, -0.05) is 23.7 Å². The molecular formula is C19H21ClN2O4S. The number of carbonyl (C=O) groups is 1. The predicted octanol–water partition coefficient (Wildman–Crippen LogP) is 3.51. The fraction of sp³-hybridized carbons (Fsp3) is 0.316. The summed E-state index contributed by atoms with van der Waals surface area (Å²) in [7, 11) is -3.54. The van der Waals surface area contributed by atoms with Crippen molar-refractivity contribution in [2.24, 2.45) is 0 Å². The van der Waals surface area contributed by atoms with Crippen molar-refractivity contribution in [1.82, 2.24) is 0 Å². The zero-order valence-electron chi connectivity index (χ0n) is 15.3. The van der Waals surface area contributed by atoms with E-state index in [1.54, 1.807) is 12.1 Å². The maximum Gasteiger partial charge on any atom is 0.265 e. The monoisotopic (exact) mass is 408 g/mol. The topological polar surface area (TPSA) is 75.7 Å². The van der Waals surface area contributed by atoms with E-state index < -0.39 is 16.1 Å². The van der Waals surface area contributed by atoms with E-state index in [2.05, 4.69) is 5.32 Å². The number of amides is 1. The minimum atomic E-state index is -3.54. The fourth-order valence-corrected chi connectivity index (χ4v) is 4.08. The highest BCUT2D eigenvalue weighted by molar-refractivity contribution is 7.92. The van der Waals surface area contributed by atoms with Crippen LogP contribution in [0.2, 0.25) is 5.02 Å². The predicted molar refractivity (Wildman–Crippen MR) is 107 cm³/mol. The molecule has 0 aliphatic carbocycles. The van der Waals surface area contributed by atoms with Crippen molar-refractivity contribution in [3.63, 3.8) is 0 Å². The lowest BCUT2D eigenvalue weighted by molar-refractivity contribution is -0.122. The fourth-order valence-electron chi connectivity index (χ4n) is 2.98. The number of nitrogens with one attached hydrogen (secondary N) is 1. The first-order chi connectivity index (χ1) is 12.7. The van der Waals surface area contributed by atoms with Crippen molar-refractivity contribution in [2.75, 3.05) is 22.4 Å². The molecule has 1 N–H and O–H groups in total. The number of hydrogen-bond acceptors (Lipinski definition) is 4. The lowest BCUT2D eigenvalue weighted by Crippen LogP contribution is -2.36. The molecule has 2 aromatic carbocycles. The molecule has 1 aliphatic heterocycles. The molecule has 0 radical (unpaired) electrons. The zero-order chi connectivity index (χ0) is 19.8. The van der Waals surface area contributed by atoms with Gasteiger partial charge in [0.2, 0.25) is 10.0 Å². The largest absolute Gasteiger partial charge is 0.478 e. The molecule has 1 heterocycles. The van der Waals surface area contributed by atoms with Gasteiger partial charge in [-0.25, -0.2) is 8.42 Å². The molecule has 0 saturated carbocycles. The van der Waals surface area contributed by atoms with Gasteiger partial charge < -0.3 is 10.1 Å². The molecule has 0 bridgehead atoms. The van der Waals surface area contributed by atoms with Gasteiger partial charge >= 0.3 is 0 Å². The van der Waals surface area contributed by atoms with Crippen molar-refractivity contribution in [3.8, 4) is 5.75 Å². The molecule has 0 saturated heterocycles. The van der Waals surface area contributed by atoms with Crippen molar-refractivity contribution < 1.29 is 17.9 Å². The number of ether oxygens (including phenoxy) is 1. The van der Waals surface area contributed by atoms with Crippen LogP contribution in [-0.4, -0.2) is 33.2 Å². The van der Waals surface area contributed by atoms with Crippen LogP contribution in [0.4, 0.5) is 11.4 Å². The third kappa shape index (κ3) is 4.20. The standard InChI is InChI=1S/C19H21ClN2O4S/c1-12-5-4-6-15(13(12)2)21-19(23)18-9-10-22(27(3,24)25)16-11-14(20)7-8-17(16)26-18/h4-8,11,18H,9-10H2,1-3H3,(H,21,23)/t18-/m0/s1. The van der Waals surface area contributed by atoms with Crippen molar-refractivity contribution in [2.45, 2.75) is 26.4 Å². The van der Waals surface area contributed by atoms with Crippen molar-refractivity contribution >= 4 is 38.9 Å². The van der Waals surface area contributed by atoms with Crippen LogP contribution in [-0.2, 0) is 14.8 Å². The molecule has 1 atom stereocenters. The van der Waals surface area contributed by atoms with Gasteiger partial charge in [0.1, 0.15) is 5.75 Å². The van der Waals surface area contributed by atoms with Gasteiger partial charge in [-0.3, -0.25) is 9.10 Å². The molecule has 1 aliphatic rings. The number of hydrogen-bond donors (Lipinski definition) is 1. The SMILES string of the molecule is Cc1cccc(NC(=O)[C@@H]2CCN(S(C)(=O)=O)c3cc(Cl)ccc3O2)c1C. The molecule has 0 spiro atoms. The number of nitrogens with zero attached hydrogens (tertiary/aromatic N) is 1. The molecule has 1 amide bonds. The van der Waals surface area contributed by atoms with Crippen molar-refractivity contribution in [1.29, 1.82) is 0 Å². The summed E-state index contributed by atoms with van der Waals surface area (Å²) >= 11 is 6.03. The number of anilines is 2. The molecule has 8 heteroatoms. The van der Waals surface area contributed by atoms with E-state index in [0.717, 1.165) is 17.4 Å². The van der Waals surface area contributed by atoms with E-state index in [1.165, 1.54) is 10.4 Å². The Morgan fingerprint density at radius 3 is 2.70 bits per heavy atom. The summed E-state index contributed by atoms with van der Waals surface area (Å²) in [5, 5.41) is 3.28. The highest BCUT2D eigenvalue weighted by Crippen LogP contribution is 2.36. The molecule has 2 aromatic rings. The summed E-state index contributed by atoms with van der Waals surface area (Å²) in [5.74, 6) is -0.0107. The summed E-state index contributed by atoms with van der Waals surface area (Å²) in [6, 6.07) is 10.4. The minimum absolute atomic E-state index is 0.122. The Bertz CT molecular complexity index is 991. The van der Waals surface area contributed by atoms with Gasteiger partial charge in [0.15, 0.2) is 6.10 Å². The second kappa shape index (κ2) is 7.40. The van der Waals surface area contributed by atoms with E-state index >= 15 is 0 Å². The number of halogens is 1. The minimum Gasteiger partial charge on any atom is -0.478 e. The lowest BCUT2D eigenvalue weighted by atomic mass is 10.1. The molecule has 3 rings (SSSR count). The smallest absolute Gasteiger partial charge is 0.265 e. The molecule has 0 unspecified atom stereocenters. The van der Waals surface area contributed by atoms with E-state index in [0.29, 0.717) is 22.1 Å². The van der Waals surface area contributed by atoms with Crippen LogP contribution in [0.3, 0.4) is 0 Å². The highest BCUT2D eigenvalue weighted by atomic mass is 35.5. The number of rotatable bonds is 3. The lowest BCUT2D eigenvalue weighted by Gasteiger charge is -2.21. The second-order valence-corrected chi connectivity index (χ2v) is 8.92. The average Bonchev–Trinajstić information content (AvgIpc) is 2.78. The van der Waals surface area contributed by atoms with E-state index in [-0.39, 0.29) is 18.9 Å². The second-order valence-electron chi connectivity index (χ2n) is 6.58. The number of sulfonamides is 1. The van der Waals surface area contributed by atoms with Crippen LogP contribution in [0.5, 0.6) is 5.75 Å². The molecule has 144 valence electrons. The maximum atomic E-state index is 12.8. The number of carbonyl (C=O) groups excluding carboxylic acids is 1. The zero-order valence-corrected chi connectivity index (χ0v) is 16.9. The first kappa shape index (κ1) is 19.5. The Hall–Kier alpha value is -2.25. The van der Waals surface area contributed by atoms with Crippen LogP contribution >= 0.6 is 11.6 Å². The Balaban J connectivity index is 1.90. The average molecular weight is 409 g/mol.